The van der Waals surface area contributed by atoms with E-state index >= 15 is 0 Å². The highest BCUT2D eigenvalue weighted by molar-refractivity contribution is 8.18. The Bertz CT molecular complexity index is 1380. The molecule has 0 radical (unpaired) electrons. The Morgan fingerprint density at radius 3 is 2.71 bits per heavy atom. The van der Waals surface area contributed by atoms with E-state index in [2.05, 4.69) is 5.32 Å². The number of carbonyl (C=O) groups is 4. The van der Waals surface area contributed by atoms with Gasteiger partial charge in [-0.3, -0.25) is 19.3 Å². The van der Waals surface area contributed by atoms with E-state index in [-0.39, 0.29) is 16.2 Å². The van der Waals surface area contributed by atoms with Crippen LogP contribution in [0.5, 0.6) is 0 Å². The second kappa shape index (κ2) is 10.4. The van der Waals surface area contributed by atoms with Gasteiger partial charge in [-0.25, -0.2) is 4.79 Å². The van der Waals surface area contributed by atoms with Gasteiger partial charge in [0.15, 0.2) is 0 Å². The highest BCUT2D eigenvalue weighted by Crippen LogP contribution is 2.35. The molecule has 0 unspecified atom stereocenters. The number of halogens is 1. The predicted octanol–water partition coefficient (Wildman–Crippen LogP) is 5.70. The first-order valence-corrected chi connectivity index (χ1v) is 12.5. The normalized spacial score (nSPS) is 14.6. The number of nitrogens with one attached hydrogen (secondary N) is 1. The lowest BCUT2D eigenvalue weighted by Crippen LogP contribution is -2.36. The molecule has 1 aromatic heterocycles. The van der Waals surface area contributed by atoms with Crippen molar-refractivity contribution in [3.63, 3.8) is 0 Å². The molecule has 11 heteroatoms. The molecule has 1 aliphatic rings. The summed E-state index contributed by atoms with van der Waals surface area (Å²) < 4.78 is 5.72. The van der Waals surface area contributed by atoms with Gasteiger partial charge in [0, 0.05) is 22.2 Å². The fraction of sp³-hybridized carbons (Fsp3) is 0.0833. The van der Waals surface area contributed by atoms with E-state index in [0.29, 0.717) is 33.8 Å². The molecule has 2 heterocycles. The van der Waals surface area contributed by atoms with Crippen molar-refractivity contribution in [2.45, 2.75) is 4.90 Å². The van der Waals surface area contributed by atoms with Crippen LogP contribution in [0.4, 0.5) is 10.5 Å². The Morgan fingerprint density at radius 1 is 1.17 bits per heavy atom. The molecule has 0 saturated carbocycles. The molecule has 2 aromatic carbocycles. The first kappa shape index (κ1) is 24.6. The second-order valence-corrected chi connectivity index (χ2v) is 9.53. The Balaban J connectivity index is 1.47. The van der Waals surface area contributed by atoms with Crippen molar-refractivity contribution < 1.29 is 28.7 Å². The van der Waals surface area contributed by atoms with Gasteiger partial charge in [-0.05, 0) is 66.5 Å². The highest BCUT2D eigenvalue weighted by atomic mass is 35.5. The van der Waals surface area contributed by atoms with E-state index in [4.69, 9.17) is 16.0 Å². The first-order chi connectivity index (χ1) is 16.7. The van der Waals surface area contributed by atoms with Crippen LogP contribution < -0.4 is 5.32 Å². The van der Waals surface area contributed by atoms with Gasteiger partial charge >= 0.3 is 5.97 Å². The smallest absolute Gasteiger partial charge is 0.335 e. The summed E-state index contributed by atoms with van der Waals surface area (Å²) in [6, 6.07) is 14.6. The van der Waals surface area contributed by atoms with Gasteiger partial charge < -0.3 is 14.8 Å². The quantitative estimate of drug-likeness (QED) is 0.296. The Labute approximate surface area is 213 Å². The number of carbonyl (C=O) groups excluding carboxylic acids is 3. The molecular weight excluding hydrogens is 512 g/mol. The van der Waals surface area contributed by atoms with E-state index in [0.717, 1.165) is 9.80 Å². The number of carboxylic acids is 1. The molecule has 8 nitrogen and oxygen atoms in total. The van der Waals surface area contributed by atoms with Crippen molar-refractivity contribution in [2.24, 2.45) is 0 Å². The minimum Gasteiger partial charge on any atom is -0.478 e. The molecule has 1 saturated heterocycles. The SMILES string of the molecule is CSc1cccc(NC(=O)CN2C(=O)S/C(=C\c3ccc(-c4cc(C(=O)O)ccc4Cl)o3)C2=O)c1. The number of amides is 3. The summed E-state index contributed by atoms with van der Waals surface area (Å²) in [5.41, 5.74) is 0.988. The van der Waals surface area contributed by atoms with E-state index < -0.39 is 29.6 Å². The molecule has 0 aliphatic carbocycles. The maximum Gasteiger partial charge on any atom is 0.335 e. The zero-order valence-corrected chi connectivity index (χ0v) is 20.5. The molecule has 1 aliphatic heterocycles. The van der Waals surface area contributed by atoms with Gasteiger partial charge in [-0.2, -0.15) is 0 Å². The lowest BCUT2D eigenvalue weighted by molar-refractivity contribution is -0.127. The van der Waals surface area contributed by atoms with E-state index in [9.17, 15) is 24.3 Å². The largest absolute Gasteiger partial charge is 0.478 e. The standard InChI is InChI=1S/C24H17ClN2O6S2/c1-34-16-4-2-3-14(10-16)26-21(28)12-27-22(29)20(35-24(27)32)11-15-6-8-19(33-15)17-9-13(23(30)31)5-7-18(17)25/h2-11H,12H2,1H3,(H,26,28)(H,30,31)/b20-11-. The number of furan rings is 1. The van der Waals surface area contributed by atoms with Crippen LogP contribution in [0.15, 0.2) is 68.8 Å². The van der Waals surface area contributed by atoms with Crippen LogP contribution in [0, 0.1) is 0 Å². The number of rotatable bonds is 7. The minimum atomic E-state index is -1.11. The lowest BCUT2D eigenvalue weighted by Gasteiger charge is -2.12. The van der Waals surface area contributed by atoms with Crippen molar-refractivity contribution in [3.05, 3.63) is 75.8 Å². The molecule has 35 heavy (non-hydrogen) atoms. The molecule has 0 atom stereocenters. The fourth-order valence-corrected chi connectivity index (χ4v) is 4.72. The summed E-state index contributed by atoms with van der Waals surface area (Å²) >= 11 is 8.40. The third kappa shape index (κ3) is 5.61. The van der Waals surface area contributed by atoms with Gasteiger partial charge in [0.1, 0.15) is 18.1 Å². The number of aromatic carboxylic acids is 1. The van der Waals surface area contributed by atoms with E-state index in [1.165, 1.54) is 36.0 Å². The third-order valence-corrected chi connectivity index (χ3v) is 6.87. The Hall–Kier alpha value is -3.47. The summed E-state index contributed by atoms with van der Waals surface area (Å²) in [4.78, 5) is 50.7. The number of hydrogen-bond donors (Lipinski definition) is 2. The molecule has 178 valence electrons. The number of anilines is 1. The van der Waals surface area contributed by atoms with Crippen LogP contribution in [0.25, 0.3) is 17.4 Å². The van der Waals surface area contributed by atoms with Gasteiger partial charge in [-0.1, -0.05) is 17.7 Å². The average molecular weight is 529 g/mol. The van der Waals surface area contributed by atoms with Crippen LogP contribution >= 0.6 is 35.1 Å². The van der Waals surface area contributed by atoms with Crippen molar-refractivity contribution in [1.29, 1.82) is 0 Å². The van der Waals surface area contributed by atoms with Crippen molar-refractivity contribution >= 4 is 69.9 Å². The number of benzene rings is 2. The average Bonchev–Trinajstić information content (AvgIpc) is 3.39. The van der Waals surface area contributed by atoms with E-state index in [1.54, 1.807) is 30.3 Å². The Morgan fingerprint density at radius 2 is 1.97 bits per heavy atom. The molecule has 4 rings (SSSR count). The molecule has 0 spiro atoms. The fourth-order valence-electron chi connectivity index (χ4n) is 3.23. The highest BCUT2D eigenvalue weighted by Gasteiger charge is 2.36. The van der Waals surface area contributed by atoms with Crippen LogP contribution in [0.3, 0.4) is 0 Å². The molecular formula is C24H17ClN2O6S2. The van der Waals surface area contributed by atoms with Crippen LogP contribution in [-0.2, 0) is 9.59 Å². The molecule has 3 aromatic rings. The molecule has 0 bridgehead atoms. The topological polar surface area (TPSA) is 117 Å². The summed E-state index contributed by atoms with van der Waals surface area (Å²) in [5.74, 6) is -1.66. The van der Waals surface area contributed by atoms with Crippen molar-refractivity contribution in [2.75, 3.05) is 18.1 Å². The lowest BCUT2D eigenvalue weighted by atomic mass is 10.1. The van der Waals surface area contributed by atoms with Gasteiger partial charge in [0.2, 0.25) is 5.91 Å². The van der Waals surface area contributed by atoms with E-state index in [1.807, 2.05) is 12.3 Å². The van der Waals surface area contributed by atoms with Gasteiger partial charge in [-0.15, -0.1) is 11.8 Å². The number of hydrogen-bond acceptors (Lipinski definition) is 7. The number of thioether (sulfide) groups is 2. The zero-order chi connectivity index (χ0) is 25.1. The van der Waals surface area contributed by atoms with Crippen LogP contribution in [0.2, 0.25) is 5.02 Å². The van der Waals surface area contributed by atoms with Crippen LogP contribution in [-0.4, -0.2) is 45.8 Å². The maximum atomic E-state index is 12.8. The summed E-state index contributed by atoms with van der Waals surface area (Å²) in [6.45, 7) is -0.424. The number of imide groups is 1. The summed E-state index contributed by atoms with van der Waals surface area (Å²) in [7, 11) is 0. The predicted molar refractivity (Wildman–Crippen MR) is 136 cm³/mol. The summed E-state index contributed by atoms with van der Waals surface area (Å²) in [5, 5.41) is 11.6. The van der Waals surface area contributed by atoms with Crippen molar-refractivity contribution in [3.8, 4) is 11.3 Å². The summed E-state index contributed by atoms with van der Waals surface area (Å²) in [6.07, 6.45) is 3.31. The monoisotopic (exact) mass is 528 g/mol. The Kier molecular flexibility index (Phi) is 7.34. The van der Waals surface area contributed by atoms with Gasteiger partial charge in [0.25, 0.3) is 11.1 Å². The molecule has 1 fully saturated rings. The number of carboxylic acid groups (broad SMARTS) is 1. The maximum absolute atomic E-state index is 12.8. The van der Waals surface area contributed by atoms with Crippen LogP contribution in [0.1, 0.15) is 16.1 Å². The second-order valence-electron chi connectivity index (χ2n) is 7.25. The first-order valence-electron chi connectivity index (χ1n) is 10.1. The molecule has 3 amide bonds. The van der Waals surface area contributed by atoms with Crippen molar-refractivity contribution in [1.82, 2.24) is 4.90 Å². The zero-order valence-electron chi connectivity index (χ0n) is 18.1. The minimum absolute atomic E-state index is 0.0434. The number of nitrogens with zero attached hydrogens (tertiary/aromatic N) is 1. The third-order valence-electron chi connectivity index (χ3n) is 4.91. The molecule has 2 N–H and O–H groups in total. The van der Waals surface area contributed by atoms with Gasteiger partial charge in [0.05, 0.1) is 15.5 Å².